The number of nitrogens with zero attached hydrogens (tertiary/aromatic N) is 4. The monoisotopic (exact) mass is 426 g/mol. The van der Waals surface area contributed by atoms with E-state index in [0.717, 1.165) is 57.0 Å². The first kappa shape index (κ1) is 18.3. The van der Waals surface area contributed by atoms with Crippen LogP contribution >= 0.6 is 22.9 Å². The fourth-order valence-electron chi connectivity index (χ4n) is 3.89. The molecule has 4 aromatic heterocycles. The van der Waals surface area contributed by atoms with E-state index in [2.05, 4.69) is 25.4 Å². The van der Waals surface area contributed by atoms with E-state index in [9.17, 15) is 4.79 Å². The van der Waals surface area contributed by atoms with E-state index in [0.29, 0.717) is 5.02 Å². The fraction of sp³-hybridized carbons (Fsp3) is 0.300. The summed E-state index contributed by atoms with van der Waals surface area (Å²) in [7, 11) is 1.89. The minimum absolute atomic E-state index is 0.0301. The number of halogens is 1. The number of thiazole rings is 1. The van der Waals surface area contributed by atoms with E-state index in [1.165, 1.54) is 0 Å². The summed E-state index contributed by atoms with van der Waals surface area (Å²) in [5.74, 6) is -0.0301. The number of aromatic nitrogens is 5. The van der Waals surface area contributed by atoms with Crippen LogP contribution < -0.4 is 5.32 Å². The highest BCUT2D eigenvalue weighted by Crippen LogP contribution is 2.46. The summed E-state index contributed by atoms with van der Waals surface area (Å²) in [5.41, 5.74) is 3.24. The second-order valence-electron chi connectivity index (χ2n) is 7.48. The number of amides is 1. The van der Waals surface area contributed by atoms with Crippen LogP contribution in [0.1, 0.15) is 31.2 Å². The summed E-state index contributed by atoms with van der Waals surface area (Å²) in [6.45, 7) is 1.55. The average Bonchev–Trinajstić information content (AvgIpc) is 3.36. The second kappa shape index (κ2) is 6.67. The molecule has 0 radical (unpaired) electrons. The van der Waals surface area contributed by atoms with Crippen LogP contribution in [0.3, 0.4) is 0 Å². The molecule has 4 heterocycles. The van der Waals surface area contributed by atoms with E-state index < -0.39 is 0 Å². The maximum Gasteiger partial charge on any atom is 0.217 e. The molecule has 9 heteroatoms. The smallest absolute Gasteiger partial charge is 0.217 e. The van der Waals surface area contributed by atoms with E-state index in [-0.39, 0.29) is 11.4 Å². The molecule has 1 fully saturated rings. The molecule has 0 unspecified atom stereocenters. The van der Waals surface area contributed by atoms with Gasteiger partial charge in [0.1, 0.15) is 10.7 Å². The largest absolute Gasteiger partial charge is 0.344 e. The molecule has 1 amide bonds. The molecule has 148 valence electrons. The van der Waals surface area contributed by atoms with Crippen molar-refractivity contribution in [3.05, 3.63) is 40.9 Å². The lowest BCUT2D eigenvalue weighted by Gasteiger charge is -2.40. The summed E-state index contributed by atoms with van der Waals surface area (Å²) in [6.07, 6.45) is 10.2. The molecule has 0 aliphatic heterocycles. The number of aryl methyl sites for hydroxylation is 1. The number of pyridine rings is 1. The van der Waals surface area contributed by atoms with Gasteiger partial charge >= 0.3 is 0 Å². The molecular weight excluding hydrogens is 408 g/mol. The van der Waals surface area contributed by atoms with Crippen molar-refractivity contribution in [2.24, 2.45) is 7.05 Å². The topological polar surface area (TPSA) is 88.5 Å². The normalized spacial score (nSPS) is 15.4. The molecule has 5 rings (SSSR count). The van der Waals surface area contributed by atoms with Crippen LogP contribution in [-0.2, 0) is 17.4 Å². The van der Waals surface area contributed by atoms with E-state index in [1.54, 1.807) is 29.1 Å². The Hall–Kier alpha value is -2.71. The van der Waals surface area contributed by atoms with Crippen molar-refractivity contribution in [1.82, 2.24) is 30.0 Å². The number of carbonyl (C=O) groups excluding carboxylic acids is 1. The van der Waals surface area contributed by atoms with E-state index in [1.807, 2.05) is 31.7 Å². The molecule has 0 bridgehead atoms. The minimum Gasteiger partial charge on any atom is -0.344 e. The van der Waals surface area contributed by atoms with Crippen LogP contribution in [0.2, 0.25) is 5.02 Å². The van der Waals surface area contributed by atoms with Gasteiger partial charge in [0.25, 0.3) is 0 Å². The van der Waals surface area contributed by atoms with Crippen LogP contribution in [-0.4, -0.2) is 30.6 Å². The quantitative estimate of drug-likeness (QED) is 0.510. The number of carbonyl (C=O) groups is 1. The van der Waals surface area contributed by atoms with Crippen LogP contribution in [0.4, 0.5) is 0 Å². The SMILES string of the molecule is CC(=O)NC1(c2ncc(-c3c(Cl)cnc4[nH]c(-c5cnn(C)c5)cc34)s2)CCC1. The minimum atomic E-state index is -0.341. The number of aromatic amines is 1. The number of hydrogen-bond donors (Lipinski definition) is 2. The average molecular weight is 427 g/mol. The van der Waals surface area contributed by atoms with Crippen LogP contribution in [0.5, 0.6) is 0 Å². The third-order valence-corrected chi connectivity index (χ3v) is 6.92. The summed E-state index contributed by atoms with van der Waals surface area (Å²) >= 11 is 8.15. The third-order valence-electron chi connectivity index (χ3n) is 5.41. The van der Waals surface area contributed by atoms with Gasteiger partial charge in [0.2, 0.25) is 5.91 Å². The Morgan fingerprint density at radius 1 is 1.31 bits per heavy atom. The van der Waals surface area contributed by atoms with Gasteiger partial charge in [-0.2, -0.15) is 5.10 Å². The Balaban J connectivity index is 1.60. The number of hydrogen-bond acceptors (Lipinski definition) is 5. The summed E-state index contributed by atoms with van der Waals surface area (Å²) in [6, 6.07) is 2.05. The number of H-pyrrole nitrogens is 1. The van der Waals surface area contributed by atoms with Gasteiger partial charge in [-0.05, 0) is 25.3 Å². The highest BCUT2D eigenvalue weighted by molar-refractivity contribution is 7.15. The summed E-state index contributed by atoms with van der Waals surface area (Å²) in [4.78, 5) is 25.1. The molecule has 1 aliphatic carbocycles. The Bertz CT molecular complexity index is 1240. The molecule has 4 aromatic rings. The Morgan fingerprint density at radius 3 is 2.79 bits per heavy atom. The van der Waals surface area contributed by atoms with Crippen molar-refractivity contribution in [2.75, 3.05) is 0 Å². The molecular formula is C20H19ClN6OS. The van der Waals surface area contributed by atoms with Gasteiger partial charge in [0, 0.05) is 49.1 Å². The fourth-order valence-corrected chi connectivity index (χ4v) is 5.39. The van der Waals surface area contributed by atoms with Gasteiger partial charge < -0.3 is 10.3 Å². The predicted octanol–water partition coefficient (Wildman–Crippen LogP) is 4.26. The van der Waals surface area contributed by atoms with Crippen LogP contribution in [0, 0.1) is 0 Å². The first-order valence-electron chi connectivity index (χ1n) is 9.37. The first-order chi connectivity index (χ1) is 13.9. The van der Waals surface area contributed by atoms with Crippen molar-refractivity contribution in [2.45, 2.75) is 31.7 Å². The zero-order valence-corrected chi connectivity index (χ0v) is 17.6. The summed E-state index contributed by atoms with van der Waals surface area (Å²) < 4.78 is 1.76. The molecule has 0 saturated heterocycles. The van der Waals surface area contributed by atoms with Gasteiger partial charge in [-0.3, -0.25) is 9.48 Å². The van der Waals surface area contributed by atoms with Gasteiger partial charge in [-0.1, -0.05) is 11.6 Å². The van der Waals surface area contributed by atoms with E-state index in [4.69, 9.17) is 11.6 Å². The van der Waals surface area contributed by atoms with Crippen molar-refractivity contribution < 1.29 is 4.79 Å². The second-order valence-corrected chi connectivity index (χ2v) is 8.91. The van der Waals surface area contributed by atoms with Gasteiger partial charge in [0.05, 0.1) is 27.3 Å². The zero-order valence-electron chi connectivity index (χ0n) is 16.0. The first-order valence-corrected chi connectivity index (χ1v) is 10.6. The van der Waals surface area contributed by atoms with Gasteiger partial charge in [-0.25, -0.2) is 9.97 Å². The Labute approximate surface area is 176 Å². The molecule has 1 aliphatic rings. The molecule has 29 heavy (non-hydrogen) atoms. The maximum absolute atomic E-state index is 11.7. The van der Waals surface area contributed by atoms with Crippen molar-refractivity contribution in [3.63, 3.8) is 0 Å². The summed E-state index contributed by atoms with van der Waals surface area (Å²) in [5, 5.41) is 9.78. The van der Waals surface area contributed by atoms with Crippen LogP contribution in [0.25, 0.3) is 32.7 Å². The molecule has 0 aromatic carbocycles. The number of rotatable bonds is 4. The van der Waals surface area contributed by atoms with Crippen molar-refractivity contribution in [1.29, 1.82) is 0 Å². The molecule has 2 N–H and O–H groups in total. The number of nitrogens with one attached hydrogen (secondary N) is 2. The van der Waals surface area contributed by atoms with Gasteiger partial charge in [-0.15, -0.1) is 11.3 Å². The predicted molar refractivity (Wildman–Crippen MR) is 114 cm³/mol. The molecule has 7 nitrogen and oxygen atoms in total. The Kier molecular flexibility index (Phi) is 4.22. The molecule has 0 atom stereocenters. The standard InChI is InChI=1S/C20H19ClN6OS/c1-11(28)26-20(4-3-5-20)19-23-9-16(29-19)17-13-6-15(12-7-24-27(2)10-12)25-18(13)22-8-14(17)21/h6-10H,3-5H2,1-2H3,(H,22,25)(H,26,28). The highest BCUT2D eigenvalue weighted by Gasteiger charge is 2.42. The lowest BCUT2D eigenvalue weighted by atomic mass is 9.77. The maximum atomic E-state index is 11.7. The van der Waals surface area contributed by atoms with Crippen LogP contribution in [0.15, 0.2) is 30.9 Å². The molecule has 1 saturated carbocycles. The van der Waals surface area contributed by atoms with Gasteiger partial charge in [0.15, 0.2) is 0 Å². The van der Waals surface area contributed by atoms with E-state index >= 15 is 0 Å². The molecule has 0 spiro atoms. The Morgan fingerprint density at radius 2 is 2.14 bits per heavy atom. The van der Waals surface area contributed by atoms with Crippen molar-refractivity contribution in [3.8, 4) is 21.7 Å². The number of fused-ring (bicyclic) bond motifs is 1. The lowest BCUT2D eigenvalue weighted by Crippen LogP contribution is -2.49. The van der Waals surface area contributed by atoms with Crippen molar-refractivity contribution >= 4 is 39.9 Å². The lowest BCUT2D eigenvalue weighted by molar-refractivity contribution is -0.122. The highest BCUT2D eigenvalue weighted by atomic mass is 35.5. The zero-order chi connectivity index (χ0) is 20.2. The third kappa shape index (κ3) is 3.03.